The van der Waals surface area contributed by atoms with Gasteiger partial charge >= 0.3 is 0 Å². The van der Waals surface area contributed by atoms with Crippen molar-refractivity contribution in [3.8, 4) is 11.5 Å². The molecular formula is C32H35N5O5. The molecule has 0 spiro atoms. The molecule has 218 valence electrons. The van der Waals surface area contributed by atoms with Crippen LogP contribution in [0.4, 0.5) is 17.3 Å². The van der Waals surface area contributed by atoms with Crippen molar-refractivity contribution in [2.75, 3.05) is 43.5 Å². The molecule has 3 heterocycles. The van der Waals surface area contributed by atoms with E-state index in [1.165, 1.54) is 6.33 Å². The lowest BCUT2D eigenvalue weighted by molar-refractivity contribution is -0.0819. The number of nitrogen functional groups attached to an aromatic ring is 1. The van der Waals surface area contributed by atoms with Gasteiger partial charge < -0.3 is 40.0 Å². The first-order valence-electron chi connectivity index (χ1n) is 13.8. The summed E-state index contributed by atoms with van der Waals surface area (Å²) in [4.78, 5) is 12.5. The van der Waals surface area contributed by atoms with E-state index >= 15 is 0 Å². The summed E-state index contributed by atoms with van der Waals surface area (Å²) in [6.45, 7) is 0.458. The van der Waals surface area contributed by atoms with Crippen molar-refractivity contribution in [1.29, 1.82) is 0 Å². The first-order chi connectivity index (χ1) is 20.4. The van der Waals surface area contributed by atoms with Crippen molar-refractivity contribution in [2.45, 2.75) is 36.4 Å². The highest BCUT2D eigenvalue weighted by Gasteiger charge is 2.53. The Hall–Kier alpha value is -4.38. The molecule has 4 atom stereocenters. The van der Waals surface area contributed by atoms with Gasteiger partial charge in [0.2, 0.25) is 0 Å². The smallest absolute Gasteiger partial charge is 0.161 e. The Morgan fingerprint density at radius 1 is 0.905 bits per heavy atom. The number of benzene rings is 3. The van der Waals surface area contributed by atoms with Crippen LogP contribution in [0.3, 0.4) is 0 Å². The summed E-state index contributed by atoms with van der Waals surface area (Å²) in [5.74, 6) is 2.40. The van der Waals surface area contributed by atoms with E-state index < -0.39 is 30.0 Å². The number of hydrogen-bond donors (Lipinski definition) is 3. The van der Waals surface area contributed by atoms with Crippen LogP contribution in [0.25, 0.3) is 0 Å². The zero-order valence-corrected chi connectivity index (χ0v) is 23.8. The molecule has 42 heavy (non-hydrogen) atoms. The average Bonchev–Trinajstić information content (AvgIpc) is 3.58. The Labute approximate surface area is 244 Å². The quantitative estimate of drug-likeness (QED) is 0.273. The number of aliphatic hydroxyl groups excluding tert-OH is 2. The van der Waals surface area contributed by atoms with Crippen LogP contribution >= 0.6 is 0 Å². The molecule has 10 nitrogen and oxygen atoms in total. The minimum Gasteiger partial charge on any atom is -0.497 e. The Morgan fingerprint density at radius 2 is 1.48 bits per heavy atom. The summed E-state index contributed by atoms with van der Waals surface area (Å²) in [6, 6.07) is 25.1. The Bertz CT molecular complexity index is 1470. The molecule has 1 saturated heterocycles. The van der Waals surface area contributed by atoms with E-state index in [9.17, 15) is 10.2 Å². The van der Waals surface area contributed by atoms with E-state index in [-0.39, 0.29) is 6.42 Å². The number of nitrogens with zero attached hydrogens (tertiary/aromatic N) is 4. The molecule has 4 N–H and O–H groups in total. The maximum absolute atomic E-state index is 12.6. The van der Waals surface area contributed by atoms with E-state index in [1.54, 1.807) is 14.2 Å². The van der Waals surface area contributed by atoms with Crippen LogP contribution in [0.2, 0.25) is 0 Å². The summed E-state index contributed by atoms with van der Waals surface area (Å²) < 4.78 is 17.5. The highest BCUT2D eigenvalue weighted by molar-refractivity contribution is 5.81. The molecule has 0 radical (unpaired) electrons. The predicted molar refractivity (Wildman–Crippen MR) is 160 cm³/mol. The number of fused-ring (bicyclic) bond motifs is 1. The molecule has 2 aliphatic rings. The summed E-state index contributed by atoms with van der Waals surface area (Å²) in [7, 11) is 5.14. The van der Waals surface area contributed by atoms with E-state index in [1.807, 2.05) is 95.7 Å². The van der Waals surface area contributed by atoms with Crippen LogP contribution in [0, 0.1) is 0 Å². The van der Waals surface area contributed by atoms with Crippen LogP contribution in [-0.4, -0.2) is 72.7 Å². The van der Waals surface area contributed by atoms with Crippen LogP contribution < -0.4 is 25.0 Å². The number of methoxy groups -OCH3 is 2. The first-order valence-corrected chi connectivity index (χ1v) is 13.8. The van der Waals surface area contributed by atoms with Gasteiger partial charge in [-0.1, -0.05) is 54.6 Å². The SMILES string of the molecule is COc1ccc(C(c2ccccc2)(c2ccc(OC)cc2)C(O)[C@H]2O[C@@H](N3CN(C)c4c(N)ncnc43)C[C@@H]2O)cc1. The van der Waals surface area contributed by atoms with Gasteiger partial charge in [-0.2, -0.15) is 0 Å². The number of aliphatic hydroxyl groups is 2. The molecule has 0 amide bonds. The van der Waals surface area contributed by atoms with Gasteiger partial charge in [0, 0.05) is 13.5 Å². The van der Waals surface area contributed by atoms with Gasteiger partial charge in [-0.3, -0.25) is 0 Å². The highest BCUT2D eigenvalue weighted by Crippen LogP contribution is 2.47. The number of hydrogen-bond acceptors (Lipinski definition) is 10. The third kappa shape index (κ3) is 4.48. The molecular weight excluding hydrogens is 534 g/mol. The fraction of sp³-hybridized carbons (Fsp3) is 0.312. The minimum atomic E-state index is -1.20. The van der Waals surface area contributed by atoms with Gasteiger partial charge in [0.25, 0.3) is 0 Å². The van der Waals surface area contributed by atoms with Crippen LogP contribution in [0.5, 0.6) is 11.5 Å². The molecule has 0 aliphatic carbocycles. The predicted octanol–water partition coefficient (Wildman–Crippen LogP) is 3.16. The minimum absolute atomic E-state index is 0.273. The number of ether oxygens (including phenoxy) is 3. The summed E-state index contributed by atoms with van der Waals surface area (Å²) in [6.07, 6.45) is -1.94. The lowest BCUT2D eigenvalue weighted by Gasteiger charge is -2.43. The number of anilines is 3. The third-order valence-corrected chi connectivity index (χ3v) is 8.41. The van der Waals surface area contributed by atoms with Crippen LogP contribution in [0.1, 0.15) is 23.1 Å². The highest BCUT2D eigenvalue weighted by atomic mass is 16.5. The van der Waals surface area contributed by atoms with Crippen molar-refractivity contribution in [2.24, 2.45) is 0 Å². The van der Waals surface area contributed by atoms with Crippen molar-refractivity contribution in [3.05, 3.63) is 102 Å². The second-order valence-electron chi connectivity index (χ2n) is 10.7. The molecule has 2 aliphatic heterocycles. The molecule has 1 fully saturated rings. The first kappa shape index (κ1) is 27.8. The standard InChI is InChI=1S/C32H35N5O5/c1-36-19-37(31-27(36)30(33)34-18-35-31)26-17-25(38)28(42-26)29(39)32(20-7-5-4-6-8-20,21-9-13-23(40-2)14-10-21)22-11-15-24(41-3)16-12-22/h4-16,18,25-26,28-29,38-39H,17,19H2,1-3H3,(H2,33,34,35)/t25-,26+,28-,29?/m0/s1. The van der Waals surface area contributed by atoms with Gasteiger partial charge in [-0.05, 0) is 41.0 Å². The number of nitrogens with two attached hydrogens (primary N) is 1. The van der Waals surface area contributed by atoms with E-state index in [2.05, 4.69) is 9.97 Å². The lowest BCUT2D eigenvalue weighted by Crippen LogP contribution is -2.51. The zero-order valence-electron chi connectivity index (χ0n) is 23.8. The summed E-state index contributed by atoms with van der Waals surface area (Å²) >= 11 is 0. The second-order valence-corrected chi connectivity index (χ2v) is 10.7. The Kier molecular flexibility index (Phi) is 7.36. The maximum atomic E-state index is 12.6. The molecule has 0 saturated carbocycles. The third-order valence-electron chi connectivity index (χ3n) is 8.41. The van der Waals surface area contributed by atoms with Crippen molar-refractivity contribution in [1.82, 2.24) is 9.97 Å². The molecule has 4 aromatic rings. The van der Waals surface area contributed by atoms with Gasteiger partial charge in [0.05, 0.1) is 32.4 Å². The summed E-state index contributed by atoms with van der Waals surface area (Å²) in [5.41, 5.74) is 8.23. The summed E-state index contributed by atoms with van der Waals surface area (Å²) in [5, 5.41) is 24.1. The van der Waals surface area contributed by atoms with Crippen molar-refractivity contribution < 1.29 is 24.4 Å². The average molecular weight is 570 g/mol. The fourth-order valence-electron chi connectivity index (χ4n) is 6.37. The largest absolute Gasteiger partial charge is 0.497 e. The Balaban J connectivity index is 1.46. The molecule has 0 bridgehead atoms. The van der Waals surface area contributed by atoms with Gasteiger partial charge in [0.15, 0.2) is 11.6 Å². The van der Waals surface area contributed by atoms with E-state index in [0.717, 1.165) is 22.4 Å². The maximum Gasteiger partial charge on any atom is 0.161 e. The molecule has 3 aromatic carbocycles. The topological polar surface area (TPSA) is 126 Å². The fourth-order valence-corrected chi connectivity index (χ4v) is 6.37. The van der Waals surface area contributed by atoms with Gasteiger partial charge in [-0.25, -0.2) is 9.97 Å². The monoisotopic (exact) mass is 569 g/mol. The van der Waals surface area contributed by atoms with Crippen LogP contribution in [-0.2, 0) is 10.2 Å². The van der Waals surface area contributed by atoms with E-state index in [0.29, 0.717) is 29.8 Å². The molecule has 1 aromatic heterocycles. The molecule has 10 heteroatoms. The normalized spacial score (nSPS) is 20.8. The zero-order chi connectivity index (χ0) is 29.4. The second kappa shape index (κ2) is 11.1. The van der Waals surface area contributed by atoms with Crippen molar-refractivity contribution in [3.63, 3.8) is 0 Å². The van der Waals surface area contributed by atoms with E-state index in [4.69, 9.17) is 19.9 Å². The van der Waals surface area contributed by atoms with Crippen molar-refractivity contribution >= 4 is 17.3 Å². The molecule has 1 unspecified atom stereocenters. The molecule has 6 rings (SSSR count). The number of rotatable bonds is 8. The van der Waals surface area contributed by atoms with Crippen LogP contribution in [0.15, 0.2) is 85.2 Å². The van der Waals surface area contributed by atoms with Gasteiger partial charge in [0.1, 0.15) is 41.9 Å². The lowest BCUT2D eigenvalue weighted by atomic mass is 9.64. The Morgan fingerprint density at radius 3 is 2.05 bits per heavy atom. The number of aromatic nitrogens is 2. The van der Waals surface area contributed by atoms with Gasteiger partial charge in [-0.15, -0.1) is 0 Å².